The summed E-state index contributed by atoms with van der Waals surface area (Å²) in [5.41, 5.74) is 1.16. The third-order valence-electron chi connectivity index (χ3n) is 3.26. The highest BCUT2D eigenvalue weighted by atomic mass is 32.1. The Balaban J connectivity index is 2.78. The lowest BCUT2D eigenvalue weighted by atomic mass is 9.97. The van der Waals surface area contributed by atoms with Crippen LogP contribution in [0, 0.1) is 19.8 Å². The monoisotopic (exact) mass is 270 g/mol. The molecule has 0 radical (unpaired) electrons. The van der Waals surface area contributed by atoms with Crippen molar-refractivity contribution in [2.75, 3.05) is 13.7 Å². The van der Waals surface area contributed by atoms with E-state index < -0.39 is 0 Å². The van der Waals surface area contributed by atoms with Crippen LogP contribution in [0.15, 0.2) is 0 Å². The topological polar surface area (TPSA) is 34.2 Å². The van der Waals surface area contributed by atoms with Crippen LogP contribution >= 0.6 is 11.3 Å². The van der Waals surface area contributed by atoms with Gasteiger partial charge in [0.1, 0.15) is 0 Å². The SMILES string of the molecule is CCNC(Cc1nc(C)c(C)s1)C(OC)C(C)C. The van der Waals surface area contributed by atoms with E-state index in [1.165, 1.54) is 9.88 Å². The lowest BCUT2D eigenvalue weighted by molar-refractivity contribution is 0.0337. The van der Waals surface area contributed by atoms with Gasteiger partial charge in [0.25, 0.3) is 0 Å². The van der Waals surface area contributed by atoms with E-state index in [-0.39, 0.29) is 6.10 Å². The Labute approximate surface area is 115 Å². The first-order valence-electron chi connectivity index (χ1n) is 6.68. The second-order valence-electron chi connectivity index (χ2n) is 5.06. The van der Waals surface area contributed by atoms with E-state index in [2.05, 4.69) is 44.9 Å². The third-order valence-corrected chi connectivity index (χ3v) is 4.35. The fourth-order valence-electron chi connectivity index (χ4n) is 2.28. The highest BCUT2D eigenvalue weighted by Crippen LogP contribution is 2.21. The van der Waals surface area contributed by atoms with Gasteiger partial charge in [-0.25, -0.2) is 4.98 Å². The van der Waals surface area contributed by atoms with Gasteiger partial charge in [-0.15, -0.1) is 11.3 Å². The minimum atomic E-state index is 0.231. The summed E-state index contributed by atoms with van der Waals surface area (Å²) in [6.45, 7) is 11.7. The molecule has 1 aromatic heterocycles. The molecular weight excluding hydrogens is 244 g/mol. The van der Waals surface area contributed by atoms with Crippen LogP contribution < -0.4 is 5.32 Å². The van der Waals surface area contributed by atoms with Crippen LogP contribution in [0.1, 0.15) is 36.3 Å². The average molecular weight is 270 g/mol. The molecule has 3 nitrogen and oxygen atoms in total. The van der Waals surface area contributed by atoms with Crippen molar-refractivity contribution in [1.29, 1.82) is 0 Å². The molecular formula is C14H26N2OS. The average Bonchev–Trinajstić information content (AvgIpc) is 2.58. The number of aryl methyl sites for hydroxylation is 2. The van der Waals surface area contributed by atoms with Gasteiger partial charge in [-0.05, 0) is 26.3 Å². The zero-order valence-electron chi connectivity index (χ0n) is 12.4. The molecule has 0 bridgehead atoms. The molecule has 0 aliphatic carbocycles. The molecule has 0 spiro atoms. The zero-order valence-corrected chi connectivity index (χ0v) is 13.2. The van der Waals surface area contributed by atoms with Crippen molar-refractivity contribution >= 4 is 11.3 Å². The van der Waals surface area contributed by atoms with Crippen LogP contribution in [0.5, 0.6) is 0 Å². The minimum absolute atomic E-state index is 0.231. The first-order valence-corrected chi connectivity index (χ1v) is 7.50. The van der Waals surface area contributed by atoms with Gasteiger partial charge >= 0.3 is 0 Å². The number of nitrogens with zero attached hydrogens (tertiary/aromatic N) is 1. The molecule has 104 valence electrons. The molecule has 0 fully saturated rings. The van der Waals surface area contributed by atoms with Crippen molar-refractivity contribution in [3.8, 4) is 0 Å². The highest BCUT2D eigenvalue weighted by Gasteiger charge is 2.25. The van der Waals surface area contributed by atoms with Gasteiger partial charge in [-0.2, -0.15) is 0 Å². The molecule has 0 aliphatic rings. The third kappa shape index (κ3) is 4.04. The Hall–Kier alpha value is -0.450. The predicted molar refractivity (Wildman–Crippen MR) is 78.4 cm³/mol. The first-order chi connectivity index (χ1) is 8.49. The van der Waals surface area contributed by atoms with E-state index in [4.69, 9.17) is 4.74 Å². The van der Waals surface area contributed by atoms with Crippen LogP contribution in [-0.4, -0.2) is 30.8 Å². The number of methoxy groups -OCH3 is 1. The maximum absolute atomic E-state index is 5.65. The van der Waals surface area contributed by atoms with Crippen molar-refractivity contribution < 1.29 is 4.74 Å². The quantitative estimate of drug-likeness (QED) is 0.827. The fraction of sp³-hybridized carbons (Fsp3) is 0.786. The first kappa shape index (κ1) is 15.6. The van der Waals surface area contributed by atoms with Crippen molar-refractivity contribution in [2.45, 2.75) is 53.2 Å². The Morgan fingerprint density at radius 1 is 1.33 bits per heavy atom. The molecule has 0 amide bonds. The highest BCUT2D eigenvalue weighted by molar-refractivity contribution is 7.11. The number of hydrogen-bond acceptors (Lipinski definition) is 4. The van der Waals surface area contributed by atoms with Crippen LogP contribution in [-0.2, 0) is 11.2 Å². The number of nitrogens with one attached hydrogen (secondary N) is 1. The van der Waals surface area contributed by atoms with Gasteiger partial charge in [-0.3, -0.25) is 0 Å². The smallest absolute Gasteiger partial charge is 0.0947 e. The Bertz CT molecular complexity index is 343. The summed E-state index contributed by atoms with van der Waals surface area (Å²) >= 11 is 1.80. The van der Waals surface area contributed by atoms with Crippen LogP contribution in [0.4, 0.5) is 0 Å². The summed E-state index contributed by atoms with van der Waals surface area (Å²) in [6.07, 6.45) is 1.18. The van der Waals surface area contributed by atoms with Crippen molar-refractivity contribution in [3.63, 3.8) is 0 Å². The normalized spacial score (nSPS) is 15.1. The maximum Gasteiger partial charge on any atom is 0.0947 e. The molecule has 4 heteroatoms. The standard InChI is InChI=1S/C14H26N2OS/c1-7-15-12(14(17-6)9(2)3)8-13-16-10(4)11(5)18-13/h9,12,14-15H,7-8H2,1-6H3. The fourth-order valence-corrected chi connectivity index (χ4v) is 3.27. The van der Waals surface area contributed by atoms with E-state index in [1.54, 1.807) is 18.4 Å². The Morgan fingerprint density at radius 2 is 2.00 bits per heavy atom. The van der Waals surface area contributed by atoms with Crippen molar-refractivity contribution in [1.82, 2.24) is 10.3 Å². The van der Waals surface area contributed by atoms with E-state index in [9.17, 15) is 0 Å². The molecule has 0 saturated heterocycles. The van der Waals surface area contributed by atoms with Gasteiger partial charge < -0.3 is 10.1 Å². The molecule has 2 unspecified atom stereocenters. The van der Waals surface area contributed by atoms with E-state index in [0.717, 1.165) is 18.7 Å². The van der Waals surface area contributed by atoms with Gasteiger partial charge in [0.2, 0.25) is 0 Å². The molecule has 2 atom stereocenters. The lowest BCUT2D eigenvalue weighted by Crippen LogP contribution is -2.45. The molecule has 1 aromatic rings. The molecule has 0 saturated carbocycles. The second-order valence-corrected chi connectivity index (χ2v) is 6.35. The second kappa shape index (κ2) is 7.22. The molecule has 18 heavy (non-hydrogen) atoms. The van der Waals surface area contributed by atoms with E-state index in [0.29, 0.717) is 12.0 Å². The number of rotatable bonds is 7. The Kier molecular flexibility index (Phi) is 6.26. The number of hydrogen-bond donors (Lipinski definition) is 1. The lowest BCUT2D eigenvalue weighted by Gasteiger charge is -2.29. The predicted octanol–water partition coefficient (Wildman–Crippen LogP) is 2.95. The molecule has 0 aromatic carbocycles. The van der Waals surface area contributed by atoms with Crippen LogP contribution in [0.25, 0.3) is 0 Å². The summed E-state index contributed by atoms with van der Waals surface area (Å²) in [6, 6.07) is 0.338. The summed E-state index contributed by atoms with van der Waals surface area (Å²) in [4.78, 5) is 5.95. The van der Waals surface area contributed by atoms with Gasteiger partial charge in [0.15, 0.2) is 0 Å². The summed E-state index contributed by atoms with van der Waals surface area (Å²) < 4.78 is 5.65. The van der Waals surface area contributed by atoms with Gasteiger partial charge in [0.05, 0.1) is 16.8 Å². The minimum Gasteiger partial charge on any atom is -0.380 e. The summed E-state index contributed by atoms with van der Waals surface area (Å²) in [7, 11) is 1.80. The number of ether oxygens (including phenoxy) is 1. The molecule has 1 N–H and O–H groups in total. The molecule has 1 rings (SSSR count). The summed E-state index contributed by atoms with van der Waals surface area (Å²) in [5.74, 6) is 0.501. The van der Waals surface area contributed by atoms with Crippen LogP contribution in [0.3, 0.4) is 0 Å². The number of thiazole rings is 1. The number of likely N-dealkylation sites (N-methyl/N-ethyl adjacent to an activating group) is 1. The van der Waals surface area contributed by atoms with E-state index >= 15 is 0 Å². The van der Waals surface area contributed by atoms with Crippen molar-refractivity contribution in [3.05, 3.63) is 15.6 Å². The van der Waals surface area contributed by atoms with E-state index in [1.807, 2.05) is 0 Å². The van der Waals surface area contributed by atoms with Gasteiger partial charge in [0, 0.05) is 24.4 Å². The largest absolute Gasteiger partial charge is 0.380 e. The molecule has 1 heterocycles. The van der Waals surface area contributed by atoms with Gasteiger partial charge in [-0.1, -0.05) is 20.8 Å². The maximum atomic E-state index is 5.65. The number of aromatic nitrogens is 1. The van der Waals surface area contributed by atoms with Crippen molar-refractivity contribution in [2.24, 2.45) is 5.92 Å². The summed E-state index contributed by atoms with van der Waals surface area (Å²) in [5, 5.41) is 4.74. The van der Waals surface area contributed by atoms with Crippen LogP contribution in [0.2, 0.25) is 0 Å². The Morgan fingerprint density at radius 3 is 2.39 bits per heavy atom. The molecule has 0 aliphatic heterocycles. The zero-order chi connectivity index (χ0) is 13.7.